The first-order valence-electron chi connectivity index (χ1n) is 8.72. The third-order valence-electron chi connectivity index (χ3n) is 4.31. The van der Waals surface area contributed by atoms with Crippen molar-refractivity contribution in [3.8, 4) is 11.1 Å². The van der Waals surface area contributed by atoms with Gasteiger partial charge in [-0.1, -0.05) is 29.8 Å². The molecule has 1 unspecified atom stereocenters. The normalized spacial score (nSPS) is 12.3. The van der Waals surface area contributed by atoms with E-state index in [9.17, 15) is 19.1 Å². The van der Waals surface area contributed by atoms with Crippen molar-refractivity contribution in [2.75, 3.05) is 0 Å². The number of rotatable bonds is 7. The molecule has 0 aromatic heterocycles. The lowest BCUT2D eigenvalue weighted by atomic mass is 9.92. The molecule has 0 heterocycles. The van der Waals surface area contributed by atoms with Crippen molar-refractivity contribution < 1.29 is 19.1 Å². The van der Waals surface area contributed by atoms with Crippen molar-refractivity contribution in [1.82, 2.24) is 0 Å². The molecule has 2 aromatic rings. The molecule has 0 fully saturated rings. The first kappa shape index (κ1) is 20.5. The Labute approximate surface area is 158 Å². The summed E-state index contributed by atoms with van der Waals surface area (Å²) in [5.74, 6) is -1.22. The van der Waals surface area contributed by atoms with Crippen molar-refractivity contribution in [2.45, 2.75) is 39.7 Å². The first-order valence-corrected chi connectivity index (χ1v) is 8.72. The van der Waals surface area contributed by atoms with E-state index in [0.29, 0.717) is 5.56 Å². The number of aliphatic hydroxyl groups is 1. The molecule has 0 saturated carbocycles. The molecule has 0 aliphatic carbocycles. The maximum atomic E-state index is 13.6. The molecule has 27 heavy (non-hydrogen) atoms. The smallest absolute Gasteiger partial charge is 0.220 e. The summed E-state index contributed by atoms with van der Waals surface area (Å²) in [5.41, 5.74) is 10.2. The van der Waals surface area contributed by atoms with Gasteiger partial charge in [0, 0.05) is 6.42 Å². The van der Waals surface area contributed by atoms with E-state index in [1.165, 1.54) is 12.1 Å². The number of aliphatic hydroxyl groups excluding tert-OH is 1. The van der Waals surface area contributed by atoms with Crippen LogP contribution in [-0.4, -0.2) is 22.9 Å². The highest BCUT2D eigenvalue weighted by molar-refractivity contribution is 5.95. The number of carbonyl (C=O) groups excluding carboxylic acids is 2. The van der Waals surface area contributed by atoms with Crippen molar-refractivity contribution in [1.29, 1.82) is 0 Å². The lowest BCUT2D eigenvalue weighted by Gasteiger charge is -2.13. The highest BCUT2D eigenvalue weighted by Gasteiger charge is 2.13. The molecule has 0 spiro atoms. The zero-order chi connectivity index (χ0) is 20.1. The molecular formula is C22H24FNO3. The highest BCUT2D eigenvalue weighted by atomic mass is 19.1. The van der Waals surface area contributed by atoms with Gasteiger partial charge in [0.05, 0.1) is 12.5 Å². The van der Waals surface area contributed by atoms with E-state index in [1.54, 1.807) is 25.1 Å². The van der Waals surface area contributed by atoms with Crippen LogP contribution < -0.4 is 5.73 Å². The van der Waals surface area contributed by atoms with Crippen LogP contribution in [0.25, 0.3) is 17.2 Å². The zero-order valence-electron chi connectivity index (χ0n) is 15.8. The van der Waals surface area contributed by atoms with E-state index in [0.717, 1.165) is 27.8 Å². The quantitative estimate of drug-likeness (QED) is 0.732. The number of nitrogens with two attached hydrogens (primary N) is 1. The average Bonchev–Trinajstić information content (AvgIpc) is 2.55. The molecule has 1 atom stereocenters. The van der Waals surface area contributed by atoms with E-state index < -0.39 is 12.0 Å². The van der Waals surface area contributed by atoms with Crippen LogP contribution in [-0.2, 0) is 9.59 Å². The van der Waals surface area contributed by atoms with Gasteiger partial charge in [0.15, 0.2) is 5.78 Å². The van der Waals surface area contributed by atoms with E-state index in [2.05, 4.69) is 0 Å². The fourth-order valence-corrected chi connectivity index (χ4v) is 3.03. The fraction of sp³-hybridized carbons (Fsp3) is 0.273. The summed E-state index contributed by atoms with van der Waals surface area (Å²) in [6, 6.07) is 8.92. The van der Waals surface area contributed by atoms with Gasteiger partial charge in [-0.05, 0) is 66.8 Å². The fourth-order valence-electron chi connectivity index (χ4n) is 3.03. The first-order chi connectivity index (χ1) is 12.7. The van der Waals surface area contributed by atoms with Gasteiger partial charge in [0.25, 0.3) is 0 Å². The maximum Gasteiger partial charge on any atom is 0.220 e. The van der Waals surface area contributed by atoms with E-state index in [-0.39, 0.29) is 24.4 Å². The Bertz CT molecular complexity index is 903. The number of amides is 1. The summed E-state index contributed by atoms with van der Waals surface area (Å²) in [5, 5.41) is 9.68. The number of halogens is 1. The van der Waals surface area contributed by atoms with Gasteiger partial charge >= 0.3 is 0 Å². The second-order valence-corrected chi connectivity index (χ2v) is 6.84. The largest absolute Gasteiger partial charge is 0.392 e. The molecule has 5 heteroatoms. The third kappa shape index (κ3) is 5.59. The number of carbonyl (C=O) groups is 2. The Balaban J connectivity index is 2.34. The molecule has 2 aromatic carbocycles. The SMILES string of the molecule is Cc1cc(C)c(/C=C/C(=O)CC(O)CC(N)=O)c(-c2ccc(F)c(C)c2)c1. The second kappa shape index (κ2) is 8.73. The minimum Gasteiger partial charge on any atom is -0.392 e. The molecule has 0 aliphatic rings. The van der Waals surface area contributed by atoms with Gasteiger partial charge in [0.1, 0.15) is 5.82 Å². The number of hydrogen-bond donors (Lipinski definition) is 2. The molecule has 0 saturated heterocycles. The Morgan fingerprint density at radius 3 is 2.44 bits per heavy atom. The van der Waals surface area contributed by atoms with Crippen LogP contribution >= 0.6 is 0 Å². The summed E-state index contributed by atoms with van der Waals surface area (Å²) in [6.45, 7) is 5.63. The molecular weight excluding hydrogens is 345 g/mol. The summed E-state index contributed by atoms with van der Waals surface area (Å²) >= 11 is 0. The number of primary amides is 1. The molecule has 1 amide bonds. The predicted molar refractivity (Wildman–Crippen MR) is 105 cm³/mol. The van der Waals surface area contributed by atoms with Gasteiger partial charge < -0.3 is 10.8 Å². The summed E-state index contributed by atoms with van der Waals surface area (Å²) in [7, 11) is 0. The predicted octanol–water partition coefficient (Wildman–Crippen LogP) is 3.63. The van der Waals surface area contributed by atoms with Crippen LogP contribution in [0.4, 0.5) is 4.39 Å². The Morgan fingerprint density at radius 2 is 1.81 bits per heavy atom. The number of hydrogen-bond acceptors (Lipinski definition) is 3. The number of aryl methyl sites for hydroxylation is 3. The molecule has 0 radical (unpaired) electrons. The number of ketones is 1. The Kier molecular flexibility index (Phi) is 6.64. The van der Waals surface area contributed by atoms with Crippen LogP contribution in [0.3, 0.4) is 0 Å². The van der Waals surface area contributed by atoms with Crippen LogP contribution in [0, 0.1) is 26.6 Å². The second-order valence-electron chi connectivity index (χ2n) is 6.84. The molecule has 3 N–H and O–H groups in total. The van der Waals surface area contributed by atoms with Crippen LogP contribution in [0.2, 0.25) is 0 Å². The van der Waals surface area contributed by atoms with Gasteiger partial charge in [-0.2, -0.15) is 0 Å². The summed E-state index contributed by atoms with van der Waals surface area (Å²) < 4.78 is 13.6. The summed E-state index contributed by atoms with van der Waals surface area (Å²) in [6.07, 6.45) is 1.58. The topological polar surface area (TPSA) is 80.4 Å². The van der Waals surface area contributed by atoms with Gasteiger partial charge in [-0.25, -0.2) is 4.39 Å². The minimum absolute atomic E-state index is 0.171. The van der Waals surface area contributed by atoms with E-state index in [4.69, 9.17) is 5.73 Å². The van der Waals surface area contributed by atoms with E-state index in [1.807, 2.05) is 26.0 Å². The van der Waals surface area contributed by atoms with Crippen LogP contribution in [0.5, 0.6) is 0 Å². The highest BCUT2D eigenvalue weighted by Crippen LogP contribution is 2.30. The van der Waals surface area contributed by atoms with Crippen LogP contribution in [0.15, 0.2) is 36.4 Å². The van der Waals surface area contributed by atoms with E-state index >= 15 is 0 Å². The van der Waals surface area contributed by atoms with Crippen molar-refractivity contribution >= 4 is 17.8 Å². The molecule has 142 valence electrons. The van der Waals surface area contributed by atoms with Crippen LogP contribution in [0.1, 0.15) is 35.1 Å². The number of benzene rings is 2. The van der Waals surface area contributed by atoms with Gasteiger partial charge in [-0.3, -0.25) is 9.59 Å². The molecule has 0 aliphatic heterocycles. The lowest BCUT2D eigenvalue weighted by Crippen LogP contribution is -2.21. The van der Waals surface area contributed by atoms with Crippen molar-refractivity contribution in [2.24, 2.45) is 5.73 Å². The Hall–Kier alpha value is -2.79. The van der Waals surface area contributed by atoms with Crippen molar-refractivity contribution in [3.05, 3.63) is 64.5 Å². The van der Waals surface area contributed by atoms with Gasteiger partial charge in [0.2, 0.25) is 5.91 Å². The maximum absolute atomic E-state index is 13.6. The minimum atomic E-state index is -1.09. The van der Waals surface area contributed by atoms with Gasteiger partial charge in [-0.15, -0.1) is 0 Å². The molecule has 0 bridgehead atoms. The zero-order valence-corrected chi connectivity index (χ0v) is 15.8. The summed E-state index contributed by atoms with van der Waals surface area (Å²) in [4.78, 5) is 22.9. The Morgan fingerprint density at radius 1 is 1.11 bits per heavy atom. The number of allylic oxidation sites excluding steroid dienone is 1. The molecule has 2 rings (SSSR count). The molecule has 4 nitrogen and oxygen atoms in total. The van der Waals surface area contributed by atoms with Crippen molar-refractivity contribution in [3.63, 3.8) is 0 Å². The average molecular weight is 369 g/mol. The monoisotopic (exact) mass is 369 g/mol. The lowest BCUT2D eigenvalue weighted by molar-refractivity contribution is -0.121. The third-order valence-corrected chi connectivity index (χ3v) is 4.31. The standard InChI is InChI=1S/C22H24FNO3/c1-13-8-14(2)19(6-5-17(25)11-18(26)12-22(24)27)20(9-13)16-4-7-21(23)15(3)10-16/h4-10,18,26H,11-12H2,1-3H3,(H2,24,27)/b6-5+.